The number of nitrogens with two attached hydrogens (primary N) is 1. The van der Waals surface area contributed by atoms with E-state index in [0.29, 0.717) is 12.0 Å². The maximum absolute atomic E-state index is 5.76. The molecule has 0 aromatic rings. The summed E-state index contributed by atoms with van der Waals surface area (Å²) in [5.41, 5.74) is 5.76. The Balaban J connectivity index is 2.18. The molecule has 0 amide bonds. The van der Waals surface area contributed by atoms with Crippen LogP contribution in [-0.4, -0.2) is 19.1 Å². The summed E-state index contributed by atoms with van der Waals surface area (Å²) in [5.74, 6) is 2.54. The lowest BCUT2D eigenvalue weighted by atomic mass is 9.98. The highest BCUT2D eigenvalue weighted by Gasteiger charge is 2.28. The molecular formula is C12H26N2. The van der Waals surface area contributed by atoms with Gasteiger partial charge in [-0.15, -0.1) is 0 Å². The van der Waals surface area contributed by atoms with Gasteiger partial charge in [-0.2, -0.15) is 0 Å². The van der Waals surface area contributed by atoms with Gasteiger partial charge in [0.1, 0.15) is 0 Å². The third kappa shape index (κ3) is 3.58. The largest absolute Gasteiger partial charge is 0.329 e. The van der Waals surface area contributed by atoms with Crippen LogP contribution in [0.2, 0.25) is 0 Å². The highest BCUT2D eigenvalue weighted by molar-refractivity contribution is 4.82. The van der Waals surface area contributed by atoms with Crippen molar-refractivity contribution in [2.24, 2.45) is 23.5 Å². The second kappa shape index (κ2) is 5.72. The van der Waals surface area contributed by atoms with Crippen molar-refractivity contribution >= 4 is 0 Å². The zero-order valence-electron chi connectivity index (χ0n) is 9.92. The van der Waals surface area contributed by atoms with Gasteiger partial charge in [-0.3, -0.25) is 0 Å². The summed E-state index contributed by atoms with van der Waals surface area (Å²) >= 11 is 0. The van der Waals surface area contributed by atoms with E-state index < -0.39 is 0 Å². The van der Waals surface area contributed by atoms with E-state index in [9.17, 15) is 0 Å². The zero-order valence-corrected chi connectivity index (χ0v) is 9.92. The topological polar surface area (TPSA) is 38.0 Å². The van der Waals surface area contributed by atoms with Crippen LogP contribution in [0.5, 0.6) is 0 Å². The molecule has 0 bridgehead atoms. The summed E-state index contributed by atoms with van der Waals surface area (Å²) in [7, 11) is 0. The molecule has 1 fully saturated rings. The minimum atomic E-state index is 0.515. The molecule has 0 spiro atoms. The molecule has 0 radical (unpaired) electrons. The molecule has 2 heteroatoms. The summed E-state index contributed by atoms with van der Waals surface area (Å²) in [6, 6.07) is 0.515. The fourth-order valence-electron chi connectivity index (χ4n) is 1.97. The lowest BCUT2D eigenvalue weighted by Crippen LogP contribution is -2.43. The Kier molecular flexibility index (Phi) is 4.90. The van der Waals surface area contributed by atoms with Crippen LogP contribution < -0.4 is 11.1 Å². The fraction of sp³-hybridized carbons (Fsp3) is 1.00. The highest BCUT2D eigenvalue weighted by atomic mass is 14.9. The summed E-state index contributed by atoms with van der Waals surface area (Å²) < 4.78 is 0. The van der Waals surface area contributed by atoms with E-state index >= 15 is 0 Å². The van der Waals surface area contributed by atoms with E-state index in [-0.39, 0.29) is 0 Å². The molecule has 0 aliphatic heterocycles. The van der Waals surface area contributed by atoms with Gasteiger partial charge in [-0.05, 0) is 37.1 Å². The SMILES string of the molecule is CCC(C)C(CN)NCC(C)C1CC1. The average Bonchev–Trinajstić information content (AvgIpc) is 3.01. The lowest BCUT2D eigenvalue weighted by molar-refractivity contribution is 0.339. The van der Waals surface area contributed by atoms with Crippen molar-refractivity contribution in [2.45, 2.75) is 46.1 Å². The van der Waals surface area contributed by atoms with Gasteiger partial charge in [0.25, 0.3) is 0 Å². The third-order valence-corrected chi connectivity index (χ3v) is 3.71. The maximum Gasteiger partial charge on any atom is 0.0215 e. The molecule has 0 saturated heterocycles. The Labute approximate surface area is 88.6 Å². The van der Waals surface area contributed by atoms with E-state index in [1.165, 1.54) is 19.3 Å². The van der Waals surface area contributed by atoms with Gasteiger partial charge in [0, 0.05) is 12.6 Å². The van der Waals surface area contributed by atoms with E-state index in [1.54, 1.807) is 0 Å². The predicted octanol–water partition coefficient (Wildman–Crippen LogP) is 2.00. The van der Waals surface area contributed by atoms with Gasteiger partial charge in [0.2, 0.25) is 0 Å². The lowest BCUT2D eigenvalue weighted by Gasteiger charge is -2.24. The van der Waals surface area contributed by atoms with Crippen LogP contribution in [0.4, 0.5) is 0 Å². The Morgan fingerprint density at radius 1 is 1.36 bits per heavy atom. The minimum Gasteiger partial charge on any atom is -0.329 e. The second-order valence-corrected chi connectivity index (χ2v) is 4.95. The summed E-state index contributed by atoms with van der Waals surface area (Å²) in [5, 5.41) is 3.62. The van der Waals surface area contributed by atoms with Gasteiger partial charge in [0.05, 0.1) is 0 Å². The van der Waals surface area contributed by atoms with E-state index in [1.807, 2.05) is 0 Å². The smallest absolute Gasteiger partial charge is 0.0215 e. The maximum atomic E-state index is 5.76. The van der Waals surface area contributed by atoms with Crippen LogP contribution in [-0.2, 0) is 0 Å². The normalized spacial score (nSPS) is 23.1. The molecule has 14 heavy (non-hydrogen) atoms. The number of nitrogens with one attached hydrogen (secondary N) is 1. The molecule has 3 N–H and O–H groups in total. The van der Waals surface area contributed by atoms with Crippen molar-refractivity contribution in [3.8, 4) is 0 Å². The molecule has 84 valence electrons. The van der Waals surface area contributed by atoms with Crippen molar-refractivity contribution in [3.63, 3.8) is 0 Å². The van der Waals surface area contributed by atoms with Gasteiger partial charge >= 0.3 is 0 Å². The molecule has 0 heterocycles. The number of hydrogen-bond acceptors (Lipinski definition) is 2. The Bertz CT molecular complexity index is 154. The Hall–Kier alpha value is -0.0800. The van der Waals surface area contributed by atoms with Crippen molar-refractivity contribution < 1.29 is 0 Å². The molecule has 0 aromatic carbocycles. The standard InChI is InChI=1S/C12H26N2/c1-4-9(2)12(7-13)14-8-10(3)11-5-6-11/h9-12,14H,4-8,13H2,1-3H3. The fourth-order valence-corrected chi connectivity index (χ4v) is 1.97. The first-order valence-corrected chi connectivity index (χ1v) is 6.12. The third-order valence-electron chi connectivity index (χ3n) is 3.71. The first-order valence-electron chi connectivity index (χ1n) is 6.12. The van der Waals surface area contributed by atoms with E-state index in [4.69, 9.17) is 5.73 Å². The molecular weight excluding hydrogens is 172 g/mol. The average molecular weight is 198 g/mol. The number of rotatable bonds is 7. The van der Waals surface area contributed by atoms with Crippen LogP contribution in [0.25, 0.3) is 0 Å². The molecule has 2 nitrogen and oxygen atoms in total. The van der Waals surface area contributed by atoms with Crippen molar-refractivity contribution in [1.82, 2.24) is 5.32 Å². The summed E-state index contributed by atoms with van der Waals surface area (Å²) in [6.07, 6.45) is 4.10. The summed E-state index contributed by atoms with van der Waals surface area (Å²) in [6.45, 7) is 8.80. The Morgan fingerprint density at radius 3 is 2.43 bits per heavy atom. The van der Waals surface area contributed by atoms with Crippen LogP contribution in [0.3, 0.4) is 0 Å². The molecule has 1 aliphatic carbocycles. The van der Waals surface area contributed by atoms with E-state index in [0.717, 1.165) is 24.9 Å². The molecule has 1 saturated carbocycles. The Morgan fingerprint density at radius 2 is 2.00 bits per heavy atom. The summed E-state index contributed by atoms with van der Waals surface area (Å²) in [4.78, 5) is 0. The highest BCUT2D eigenvalue weighted by Crippen LogP contribution is 2.36. The first kappa shape index (κ1) is 12.0. The van der Waals surface area contributed by atoms with Crippen LogP contribution in [0.1, 0.15) is 40.0 Å². The zero-order chi connectivity index (χ0) is 10.6. The quantitative estimate of drug-likeness (QED) is 0.656. The molecule has 1 aliphatic rings. The van der Waals surface area contributed by atoms with Gasteiger partial charge in [-0.25, -0.2) is 0 Å². The molecule has 0 aromatic heterocycles. The molecule has 1 rings (SSSR count). The minimum absolute atomic E-state index is 0.515. The van der Waals surface area contributed by atoms with Gasteiger partial charge in [-0.1, -0.05) is 27.2 Å². The first-order chi connectivity index (χ1) is 6.69. The van der Waals surface area contributed by atoms with Gasteiger partial charge < -0.3 is 11.1 Å². The van der Waals surface area contributed by atoms with Gasteiger partial charge in [0.15, 0.2) is 0 Å². The second-order valence-electron chi connectivity index (χ2n) is 4.95. The van der Waals surface area contributed by atoms with Crippen molar-refractivity contribution in [2.75, 3.05) is 13.1 Å². The molecule has 3 unspecified atom stereocenters. The van der Waals surface area contributed by atoms with E-state index in [2.05, 4.69) is 26.1 Å². The van der Waals surface area contributed by atoms with Crippen LogP contribution in [0.15, 0.2) is 0 Å². The van der Waals surface area contributed by atoms with Crippen molar-refractivity contribution in [1.29, 1.82) is 0 Å². The van der Waals surface area contributed by atoms with Crippen LogP contribution >= 0.6 is 0 Å². The monoisotopic (exact) mass is 198 g/mol. The van der Waals surface area contributed by atoms with Crippen molar-refractivity contribution in [3.05, 3.63) is 0 Å². The predicted molar refractivity (Wildman–Crippen MR) is 62.2 cm³/mol. The number of hydrogen-bond donors (Lipinski definition) is 2. The van der Waals surface area contributed by atoms with Crippen LogP contribution in [0, 0.1) is 17.8 Å². The molecule has 3 atom stereocenters.